The zero-order valence-corrected chi connectivity index (χ0v) is 14.4. The van der Waals surface area contributed by atoms with Crippen molar-refractivity contribution < 1.29 is 14.3 Å². The Balaban J connectivity index is 1.54. The second-order valence-corrected chi connectivity index (χ2v) is 5.51. The lowest BCUT2D eigenvalue weighted by Crippen LogP contribution is -2.20. The van der Waals surface area contributed by atoms with Crippen molar-refractivity contribution >= 4 is 11.6 Å². The Morgan fingerprint density at radius 1 is 1.08 bits per heavy atom. The minimum Gasteiger partial charge on any atom is -0.484 e. The molecule has 132 valence electrons. The zero-order chi connectivity index (χ0) is 18.2. The molecule has 26 heavy (non-hydrogen) atoms. The van der Waals surface area contributed by atoms with Gasteiger partial charge in [-0.3, -0.25) is 9.78 Å². The van der Waals surface area contributed by atoms with Gasteiger partial charge >= 0.3 is 0 Å². The van der Waals surface area contributed by atoms with Crippen molar-refractivity contribution in [2.45, 2.75) is 13.3 Å². The summed E-state index contributed by atoms with van der Waals surface area (Å²) in [4.78, 5) is 20.1. The Morgan fingerprint density at radius 3 is 2.65 bits per heavy atom. The van der Waals surface area contributed by atoms with E-state index in [-0.39, 0.29) is 12.5 Å². The molecule has 0 radical (unpaired) electrons. The minimum atomic E-state index is -0.249. The van der Waals surface area contributed by atoms with E-state index in [0.29, 0.717) is 23.1 Å². The topological polar surface area (TPSA) is 73.3 Å². The fraction of sp³-hybridized carbons (Fsp3) is 0.150. The van der Waals surface area contributed by atoms with Crippen molar-refractivity contribution in [2.24, 2.45) is 0 Å². The molecule has 3 rings (SSSR count). The summed E-state index contributed by atoms with van der Waals surface area (Å²) in [6, 6.07) is 14.7. The van der Waals surface area contributed by atoms with E-state index in [9.17, 15) is 4.79 Å². The van der Waals surface area contributed by atoms with Gasteiger partial charge in [-0.1, -0.05) is 25.1 Å². The van der Waals surface area contributed by atoms with Crippen LogP contribution >= 0.6 is 0 Å². The highest BCUT2D eigenvalue weighted by Crippen LogP contribution is 2.22. The molecule has 3 aromatic rings. The number of aryl methyl sites for hydroxylation is 1. The fourth-order valence-electron chi connectivity index (χ4n) is 2.26. The summed E-state index contributed by atoms with van der Waals surface area (Å²) in [6.45, 7) is 2.02. The van der Waals surface area contributed by atoms with Gasteiger partial charge in [-0.25, -0.2) is 4.98 Å². The van der Waals surface area contributed by atoms with E-state index in [1.54, 1.807) is 36.7 Å². The Kier molecular flexibility index (Phi) is 5.77. The van der Waals surface area contributed by atoms with Crippen LogP contribution in [0.15, 0.2) is 67.1 Å². The molecule has 1 heterocycles. The van der Waals surface area contributed by atoms with Gasteiger partial charge in [0.25, 0.3) is 5.91 Å². The maximum atomic E-state index is 12.1. The van der Waals surface area contributed by atoms with Gasteiger partial charge in [0.15, 0.2) is 6.61 Å². The van der Waals surface area contributed by atoms with E-state index in [1.807, 2.05) is 24.3 Å². The molecule has 0 aliphatic heterocycles. The molecule has 1 N–H and O–H groups in total. The Hall–Kier alpha value is -3.41. The fourth-order valence-corrected chi connectivity index (χ4v) is 2.26. The normalized spacial score (nSPS) is 10.2. The monoisotopic (exact) mass is 349 g/mol. The van der Waals surface area contributed by atoms with Crippen LogP contribution in [0.1, 0.15) is 12.5 Å². The van der Waals surface area contributed by atoms with Gasteiger partial charge in [-0.2, -0.15) is 0 Å². The van der Waals surface area contributed by atoms with Crippen molar-refractivity contribution in [3.05, 3.63) is 72.7 Å². The average Bonchev–Trinajstić information content (AvgIpc) is 2.68. The highest BCUT2D eigenvalue weighted by molar-refractivity contribution is 5.92. The van der Waals surface area contributed by atoms with Gasteiger partial charge in [0.2, 0.25) is 5.88 Å². The molecule has 0 atom stereocenters. The number of nitrogens with one attached hydrogen (secondary N) is 1. The molecule has 1 amide bonds. The van der Waals surface area contributed by atoms with Crippen molar-refractivity contribution in [3.63, 3.8) is 0 Å². The van der Waals surface area contributed by atoms with Gasteiger partial charge in [0.1, 0.15) is 11.5 Å². The lowest BCUT2D eigenvalue weighted by molar-refractivity contribution is -0.118. The Labute approximate surface area is 151 Å². The minimum absolute atomic E-state index is 0.0687. The standard InChI is InChI=1S/C20H19N3O3/c1-2-15-6-8-17(9-7-15)25-14-19(24)23-16-4-3-5-18(12-16)26-20-13-21-10-11-22-20/h3-13H,2,14H2,1H3,(H,23,24). The number of aromatic nitrogens is 2. The number of carbonyl (C=O) groups is 1. The third kappa shape index (κ3) is 5.04. The van der Waals surface area contributed by atoms with Crippen LogP contribution in [0, 0.1) is 0 Å². The predicted molar refractivity (Wildman–Crippen MR) is 98.5 cm³/mol. The van der Waals surface area contributed by atoms with Crippen molar-refractivity contribution in [1.29, 1.82) is 0 Å². The third-order valence-corrected chi connectivity index (χ3v) is 3.58. The van der Waals surface area contributed by atoms with Crippen LogP contribution in [-0.4, -0.2) is 22.5 Å². The van der Waals surface area contributed by atoms with Crippen molar-refractivity contribution in [3.8, 4) is 17.4 Å². The van der Waals surface area contributed by atoms with E-state index < -0.39 is 0 Å². The van der Waals surface area contributed by atoms with E-state index >= 15 is 0 Å². The van der Waals surface area contributed by atoms with Gasteiger partial charge < -0.3 is 14.8 Å². The summed E-state index contributed by atoms with van der Waals surface area (Å²) in [7, 11) is 0. The number of amides is 1. The van der Waals surface area contributed by atoms with Gasteiger partial charge in [-0.05, 0) is 36.2 Å². The van der Waals surface area contributed by atoms with Gasteiger partial charge in [0, 0.05) is 24.1 Å². The quantitative estimate of drug-likeness (QED) is 0.701. The number of benzene rings is 2. The molecule has 0 saturated carbocycles. The summed E-state index contributed by atoms with van der Waals surface area (Å²) >= 11 is 0. The first-order valence-corrected chi connectivity index (χ1v) is 8.28. The Bertz CT molecular complexity index is 852. The van der Waals surface area contributed by atoms with Crippen LogP contribution in [0.3, 0.4) is 0 Å². The number of anilines is 1. The van der Waals surface area contributed by atoms with Crippen molar-refractivity contribution in [1.82, 2.24) is 9.97 Å². The highest BCUT2D eigenvalue weighted by Gasteiger charge is 2.06. The first-order chi connectivity index (χ1) is 12.7. The highest BCUT2D eigenvalue weighted by atomic mass is 16.5. The number of carbonyl (C=O) groups excluding carboxylic acids is 1. The zero-order valence-electron chi connectivity index (χ0n) is 14.4. The number of rotatable bonds is 7. The number of nitrogens with zero attached hydrogens (tertiary/aromatic N) is 2. The van der Waals surface area contributed by atoms with E-state index in [4.69, 9.17) is 9.47 Å². The summed E-state index contributed by atoms with van der Waals surface area (Å²) in [5, 5.41) is 2.78. The average molecular weight is 349 g/mol. The van der Waals surface area contributed by atoms with E-state index in [1.165, 1.54) is 11.8 Å². The molecule has 2 aromatic carbocycles. The molecular formula is C20H19N3O3. The summed E-state index contributed by atoms with van der Waals surface area (Å²) in [6.07, 6.45) is 5.60. The van der Waals surface area contributed by atoms with Crippen LogP contribution in [0.25, 0.3) is 0 Å². The molecule has 1 aromatic heterocycles. The number of hydrogen-bond acceptors (Lipinski definition) is 5. The van der Waals surface area contributed by atoms with Crippen LogP contribution in [-0.2, 0) is 11.2 Å². The summed E-state index contributed by atoms with van der Waals surface area (Å²) in [5.74, 6) is 1.35. The number of ether oxygens (including phenoxy) is 2. The first-order valence-electron chi connectivity index (χ1n) is 8.28. The van der Waals surface area contributed by atoms with E-state index in [2.05, 4.69) is 22.2 Å². The molecule has 0 saturated heterocycles. The van der Waals surface area contributed by atoms with Crippen LogP contribution in [0.4, 0.5) is 5.69 Å². The maximum Gasteiger partial charge on any atom is 0.262 e. The maximum absolute atomic E-state index is 12.1. The second kappa shape index (κ2) is 8.62. The largest absolute Gasteiger partial charge is 0.484 e. The molecule has 0 bridgehead atoms. The molecule has 0 fully saturated rings. The third-order valence-electron chi connectivity index (χ3n) is 3.58. The molecular weight excluding hydrogens is 330 g/mol. The summed E-state index contributed by atoms with van der Waals surface area (Å²) in [5.41, 5.74) is 1.84. The van der Waals surface area contributed by atoms with Crippen LogP contribution in [0.5, 0.6) is 17.4 Å². The van der Waals surface area contributed by atoms with Crippen LogP contribution < -0.4 is 14.8 Å². The Morgan fingerprint density at radius 2 is 1.92 bits per heavy atom. The first kappa shape index (κ1) is 17.4. The SMILES string of the molecule is CCc1ccc(OCC(=O)Nc2cccc(Oc3cnccn3)c2)cc1. The molecule has 0 spiro atoms. The molecule has 0 aliphatic carbocycles. The molecule has 0 aliphatic rings. The smallest absolute Gasteiger partial charge is 0.262 e. The van der Waals surface area contributed by atoms with Gasteiger partial charge in [0.05, 0.1) is 6.20 Å². The second-order valence-electron chi connectivity index (χ2n) is 5.51. The molecule has 6 heteroatoms. The lowest BCUT2D eigenvalue weighted by Gasteiger charge is -2.09. The molecule has 0 unspecified atom stereocenters. The van der Waals surface area contributed by atoms with Gasteiger partial charge in [-0.15, -0.1) is 0 Å². The molecule has 6 nitrogen and oxygen atoms in total. The summed E-state index contributed by atoms with van der Waals surface area (Å²) < 4.78 is 11.1. The van der Waals surface area contributed by atoms with E-state index in [0.717, 1.165) is 6.42 Å². The van der Waals surface area contributed by atoms with Crippen molar-refractivity contribution in [2.75, 3.05) is 11.9 Å². The van der Waals surface area contributed by atoms with Crippen LogP contribution in [0.2, 0.25) is 0 Å². The lowest BCUT2D eigenvalue weighted by atomic mass is 10.2. The number of hydrogen-bond donors (Lipinski definition) is 1. The predicted octanol–water partition coefficient (Wildman–Crippen LogP) is 3.85.